The largest absolute Gasteiger partial charge is 0.507 e. The number of hydrogen-bond donors (Lipinski definition) is 7. The Kier molecular flexibility index (Phi) is 21.5. The van der Waals surface area contributed by atoms with Crippen LogP contribution in [0.4, 0.5) is 5.69 Å². The summed E-state index contributed by atoms with van der Waals surface area (Å²) < 4.78 is 12.9. The molecular weight excluding hydrogens is 1120 g/mol. The van der Waals surface area contributed by atoms with Gasteiger partial charge >= 0.3 is 9.15 Å². The number of nitrogen functional groups attached to an aromatic ring is 1. The fraction of sp³-hybridized carbons (Fsp3) is 0.310. The number of carboxylic acid groups (broad SMARTS) is 1. The van der Waals surface area contributed by atoms with Gasteiger partial charge in [-0.15, -0.1) is 59.7 Å². The zero-order chi connectivity index (χ0) is 50.6. The molecule has 0 spiro atoms. The predicted molar refractivity (Wildman–Crippen MR) is 267 cm³/mol. The molecule has 5 aromatic rings. The van der Waals surface area contributed by atoms with Gasteiger partial charge in [-0.2, -0.15) is 0 Å². The molecule has 9 N–H and O–H groups in total. The summed E-state index contributed by atoms with van der Waals surface area (Å²) in [5, 5.41) is 25.6. The number of aromatic carboxylic acids is 1. The van der Waals surface area contributed by atoms with Crippen LogP contribution in [0.1, 0.15) is 72.6 Å². The highest BCUT2D eigenvalue weighted by Gasteiger charge is 2.32. The molecule has 0 bridgehead atoms. The number of nitrogens with one attached hydrogen (secondary N) is 3. The number of fused-ring (bicyclic) bond motifs is 2. The van der Waals surface area contributed by atoms with Crippen molar-refractivity contribution < 1.29 is 53.2 Å². The molecule has 3 aromatic carbocycles. The number of ether oxygens (including phenoxy) is 2. The van der Waals surface area contributed by atoms with Crippen molar-refractivity contribution in [1.82, 2.24) is 35.1 Å². The first-order valence-electron chi connectivity index (χ1n) is 20.2. The number of aryl methyl sites for hydroxylation is 2. The SMILES string of the molecule is BrB(Br)Br.COc1cccc(N)c1C(=O)O.COc1cccc2nc(C)n(C3CCC(=O)NC3=O)c(=O)c12.Cc1nc2cccc(O)c2c(=O)n1C1CCC(=O)NC1=O.Cl.NC1CCC(=O)NC1=O. The lowest BCUT2D eigenvalue weighted by molar-refractivity contribution is -0.137. The number of phenolic OH excluding ortho intramolecular Hbond substituents is 1. The van der Waals surface area contributed by atoms with Crippen molar-refractivity contribution in [2.75, 3.05) is 20.0 Å². The van der Waals surface area contributed by atoms with Gasteiger partial charge in [0.2, 0.25) is 35.4 Å². The number of piperidine rings is 3. The average molecular weight is 1170 g/mol. The van der Waals surface area contributed by atoms with E-state index in [0.717, 1.165) is 0 Å². The molecule has 368 valence electrons. The van der Waals surface area contributed by atoms with E-state index in [1.54, 1.807) is 56.3 Å². The highest BCUT2D eigenvalue weighted by Crippen LogP contribution is 2.26. The fourth-order valence-corrected chi connectivity index (χ4v) is 7.08. The Bertz CT molecular complexity index is 2900. The number of imide groups is 3. The van der Waals surface area contributed by atoms with Crippen molar-refractivity contribution >= 4 is 132 Å². The molecule has 3 aliphatic heterocycles. The van der Waals surface area contributed by atoms with E-state index in [-0.39, 0.29) is 98.6 Å². The topological polar surface area (TPSA) is 336 Å². The van der Waals surface area contributed by atoms with Gasteiger partial charge in [-0.3, -0.25) is 63.4 Å². The number of amides is 6. The van der Waals surface area contributed by atoms with Gasteiger partial charge in [-0.05, 0) is 69.5 Å². The molecule has 3 unspecified atom stereocenters. The maximum atomic E-state index is 12.8. The van der Waals surface area contributed by atoms with Crippen molar-refractivity contribution in [1.29, 1.82) is 0 Å². The van der Waals surface area contributed by atoms with Crippen LogP contribution in [0, 0.1) is 13.8 Å². The lowest BCUT2D eigenvalue weighted by Crippen LogP contribution is -2.48. The molecule has 0 aliphatic carbocycles. The lowest BCUT2D eigenvalue weighted by Gasteiger charge is -2.24. The van der Waals surface area contributed by atoms with Crippen LogP contribution in [-0.2, 0) is 28.8 Å². The van der Waals surface area contributed by atoms with Gasteiger partial charge in [0.05, 0.1) is 31.3 Å². The Morgan fingerprint density at radius 3 is 1.51 bits per heavy atom. The van der Waals surface area contributed by atoms with E-state index in [1.807, 2.05) is 0 Å². The predicted octanol–water partition coefficient (Wildman–Crippen LogP) is 3.38. The molecule has 3 saturated heterocycles. The number of rotatable bonds is 5. The van der Waals surface area contributed by atoms with Crippen LogP contribution in [0.3, 0.4) is 0 Å². The minimum Gasteiger partial charge on any atom is -0.507 e. The number of hydrogen-bond acceptors (Lipinski definition) is 16. The van der Waals surface area contributed by atoms with Gasteiger partial charge in [0.25, 0.3) is 11.1 Å². The minimum atomic E-state index is -1.08. The molecule has 27 heteroatoms. The van der Waals surface area contributed by atoms with E-state index in [1.165, 1.54) is 35.5 Å². The maximum absolute atomic E-state index is 12.8. The van der Waals surface area contributed by atoms with Gasteiger partial charge in [0, 0.05) is 24.9 Å². The molecule has 69 heavy (non-hydrogen) atoms. The third-order valence-corrected chi connectivity index (χ3v) is 10.2. The zero-order valence-corrected chi connectivity index (χ0v) is 42.7. The number of benzene rings is 3. The highest BCUT2D eigenvalue weighted by atomic mass is 79.9. The number of aromatic hydroxyl groups is 1. The Balaban J connectivity index is 0.000000248. The summed E-state index contributed by atoms with van der Waals surface area (Å²) in [6, 6.07) is 12.5. The second-order valence-corrected chi connectivity index (χ2v) is 21.1. The molecule has 2 aromatic heterocycles. The smallest absolute Gasteiger partial charge is 0.369 e. The van der Waals surface area contributed by atoms with Gasteiger partial charge < -0.3 is 31.2 Å². The van der Waals surface area contributed by atoms with Crippen LogP contribution in [-0.4, -0.2) is 94.2 Å². The van der Waals surface area contributed by atoms with Crippen LogP contribution in [0.25, 0.3) is 21.8 Å². The number of carboxylic acids is 1. The second-order valence-electron chi connectivity index (χ2n) is 14.7. The van der Waals surface area contributed by atoms with Crippen molar-refractivity contribution in [2.45, 2.75) is 70.5 Å². The van der Waals surface area contributed by atoms with E-state index < -0.39 is 41.5 Å². The number of halogens is 4. The zero-order valence-electron chi connectivity index (χ0n) is 37.1. The van der Waals surface area contributed by atoms with Crippen molar-refractivity contribution in [2.24, 2.45) is 5.73 Å². The van der Waals surface area contributed by atoms with E-state index >= 15 is 0 Å². The normalized spacial score (nSPS) is 17.2. The third-order valence-electron chi connectivity index (χ3n) is 10.2. The summed E-state index contributed by atoms with van der Waals surface area (Å²) in [4.78, 5) is 112. The van der Waals surface area contributed by atoms with Gasteiger partial charge in [-0.1, -0.05) is 18.2 Å². The van der Waals surface area contributed by atoms with Gasteiger partial charge in [-0.25, -0.2) is 14.8 Å². The maximum Gasteiger partial charge on any atom is 0.369 e. The molecule has 0 saturated carbocycles. The molecular formula is C42H46BBr3ClN9O13. The Morgan fingerprint density at radius 2 is 1.09 bits per heavy atom. The van der Waals surface area contributed by atoms with E-state index in [2.05, 4.69) is 73.2 Å². The minimum absolute atomic E-state index is 0. The lowest BCUT2D eigenvalue weighted by atomic mass is 10.1. The van der Waals surface area contributed by atoms with Crippen molar-refractivity contribution in [3.63, 3.8) is 0 Å². The molecule has 3 atom stereocenters. The Labute approximate surface area is 423 Å². The quantitative estimate of drug-likeness (QED) is 0.0753. The first-order valence-corrected chi connectivity index (χ1v) is 23.0. The molecule has 8 rings (SSSR count). The number of phenols is 1. The first kappa shape index (κ1) is 57.1. The molecule has 22 nitrogen and oxygen atoms in total. The number of nitrogens with two attached hydrogens (primary N) is 2. The van der Waals surface area contributed by atoms with Crippen LogP contribution in [0.5, 0.6) is 17.2 Å². The summed E-state index contributed by atoms with van der Waals surface area (Å²) in [7, 11) is 2.88. The number of nitrogens with zero attached hydrogens (tertiary/aromatic N) is 4. The number of aromatic nitrogens is 4. The number of carbonyl (C=O) groups is 7. The summed E-state index contributed by atoms with van der Waals surface area (Å²) in [6.07, 6.45) is 1.74. The van der Waals surface area contributed by atoms with E-state index in [9.17, 15) is 48.3 Å². The molecule has 5 heterocycles. The Hall–Kier alpha value is -6.22. The number of methoxy groups -OCH3 is 2. The fourth-order valence-electron chi connectivity index (χ4n) is 7.08. The second kappa shape index (κ2) is 26.0. The number of carbonyl (C=O) groups excluding carboxylic acids is 6. The molecule has 3 fully saturated rings. The van der Waals surface area contributed by atoms with E-state index in [4.69, 9.17) is 26.0 Å². The van der Waals surface area contributed by atoms with E-state index in [0.29, 0.717) is 46.7 Å². The highest BCUT2D eigenvalue weighted by molar-refractivity contribution is 9.69. The van der Waals surface area contributed by atoms with Crippen LogP contribution >= 0.6 is 59.7 Å². The van der Waals surface area contributed by atoms with Crippen LogP contribution in [0.2, 0.25) is 0 Å². The summed E-state index contributed by atoms with van der Waals surface area (Å²) in [6.45, 7) is 3.29. The molecule has 3 aliphatic rings. The first-order chi connectivity index (χ1) is 32.1. The third kappa shape index (κ3) is 14.6. The average Bonchev–Trinajstić information content (AvgIpc) is 3.26. The van der Waals surface area contributed by atoms with Gasteiger partial charge in [0.1, 0.15) is 57.3 Å². The summed E-state index contributed by atoms with van der Waals surface area (Å²) in [5.74, 6) is -2.00. The van der Waals surface area contributed by atoms with Crippen LogP contribution < -0.4 is 48.0 Å². The summed E-state index contributed by atoms with van der Waals surface area (Å²) >= 11 is 9.31. The monoisotopic (exact) mass is 1170 g/mol. The molecule has 0 radical (unpaired) electrons. The summed E-state index contributed by atoms with van der Waals surface area (Å²) in [5.41, 5.74) is 11.0. The molecule has 6 amide bonds. The Morgan fingerprint density at radius 1 is 0.681 bits per heavy atom. The number of anilines is 1. The van der Waals surface area contributed by atoms with Crippen molar-refractivity contribution in [3.05, 3.63) is 92.5 Å². The standard InChI is InChI=1S/C15H15N3O4.C14H13N3O4.C8H9NO3.C5H8N2O2.BBr3.ClH/c1-8-16-9-4-3-5-11(22-2)13(9)15(21)18(8)10-6-7-12(19)17-14(10)20;1-7-15-8-3-2-4-10(18)12(8)14(21)17(7)9-5-6-11(19)16-13(9)20;1-12-6-4-2-3-5(9)7(6)8(10)11;6-3-1-2-4(8)7-5(3)9;2-1(3)4;/h3-5,10H,6-7H2,1-2H3,(H,17,19,20);2-4,9,18H,5-6H2,1H3,(H,16,19,20);2-4H,9H2,1H3,(H,10,11);3H,1-2,6H2,(H,7,8,9);;1H. The van der Waals surface area contributed by atoms with Gasteiger partial charge in [0.15, 0.2) is 0 Å². The van der Waals surface area contributed by atoms with Crippen LogP contribution in [0.15, 0.2) is 64.2 Å². The van der Waals surface area contributed by atoms with Crippen molar-refractivity contribution in [3.8, 4) is 17.2 Å².